The maximum absolute atomic E-state index is 12.6. The van der Waals surface area contributed by atoms with Gasteiger partial charge in [-0.3, -0.25) is 14.9 Å². The quantitative estimate of drug-likeness (QED) is 0.432. The van der Waals surface area contributed by atoms with Gasteiger partial charge in [-0.25, -0.2) is 0 Å². The highest BCUT2D eigenvalue weighted by molar-refractivity contribution is 9.10. The molecule has 0 spiro atoms. The Kier molecular flexibility index (Phi) is 8.81. The van der Waals surface area contributed by atoms with Gasteiger partial charge in [0.2, 0.25) is 0 Å². The number of halogens is 1. The van der Waals surface area contributed by atoms with Crippen molar-refractivity contribution in [3.8, 4) is 5.75 Å². The van der Waals surface area contributed by atoms with Gasteiger partial charge in [-0.1, -0.05) is 20.8 Å². The topological polar surface area (TPSA) is 93.4 Å². The molecule has 0 bridgehead atoms. The molecule has 0 radical (unpaired) electrons. The summed E-state index contributed by atoms with van der Waals surface area (Å²) in [5, 5.41) is 6.21. The number of hydrogen-bond donors (Lipinski definition) is 3. The minimum absolute atomic E-state index is 0.0970. The van der Waals surface area contributed by atoms with E-state index < -0.39 is 5.91 Å². The Balaban J connectivity index is 2.05. The van der Waals surface area contributed by atoms with Gasteiger partial charge in [0, 0.05) is 10.4 Å². The lowest BCUT2D eigenvalue weighted by atomic mass is 10.1. The van der Waals surface area contributed by atoms with E-state index in [0.29, 0.717) is 45.3 Å². The normalized spacial score (nSPS) is 10.7. The number of anilines is 1. The number of benzene rings is 1. The first-order chi connectivity index (χ1) is 14.1. The van der Waals surface area contributed by atoms with Crippen LogP contribution < -0.4 is 21.1 Å². The highest BCUT2D eigenvalue weighted by Crippen LogP contribution is 2.33. The number of hydrogen-bond acceptors (Lipinski definition) is 5. The molecule has 6 nitrogen and oxygen atoms in total. The summed E-state index contributed by atoms with van der Waals surface area (Å²) in [5.74, 6) is 0.342. The first-order valence-corrected chi connectivity index (χ1v) is 11.6. The number of ether oxygens (including phenoxy) is 1. The van der Waals surface area contributed by atoms with Crippen molar-refractivity contribution < 1.29 is 14.3 Å². The van der Waals surface area contributed by atoms with Crippen LogP contribution in [-0.2, 0) is 6.42 Å². The first-order valence-electron chi connectivity index (χ1n) is 9.60. The van der Waals surface area contributed by atoms with Crippen LogP contribution in [0, 0.1) is 12.8 Å². The zero-order valence-electron chi connectivity index (χ0n) is 17.4. The van der Waals surface area contributed by atoms with Crippen molar-refractivity contribution in [1.82, 2.24) is 5.32 Å². The van der Waals surface area contributed by atoms with Crippen LogP contribution in [0.4, 0.5) is 5.00 Å². The molecule has 0 saturated carbocycles. The fourth-order valence-electron chi connectivity index (χ4n) is 2.83. The molecule has 1 aromatic heterocycles. The third-order valence-electron chi connectivity index (χ3n) is 4.41. The average Bonchev–Trinajstić information content (AvgIpc) is 2.97. The molecule has 0 aliphatic heterocycles. The minimum Gasteiger partial charge on any atom is -0.492 e. The fraction of sp³-hybridized carbons (Fsp3) is 0.381. The Morgan fingerprint density at radius 3 is 2.60 bits per heavy atom. The van der Waals surface area contributed by atoms with E-state index in [-0.39, 0.29) is 11.0 Å². The Morgan fingerprint density at radius 1 is 1.33 bits per heavy atom. The van der Waals surface area contributed by atoms with Gasteiger partial charge in [0.15, 0.2) is 5.11 Å². The van der Waals surface area contributed by atoms with Crippen molar-refractivity contribution in [2.45, 2.75) is 40.5 Å². The average molecular weight is 512 g/mol. The van der Waals surface area contributed by atoms with E-state index in [1.807, 2.05) is 13.8 Å². The van der Waals surface area contributed by atoms with Crippen LogP contribution in [0.15, 0.2) is 22.7 Å². The van der Waals surface area contributed by atoms with Crippen molar-refractivity contribution in [3.63, 3.8) is 0 Å². The summed E-state index contributed by atoms with van der Waals surface area (Å²) in [6, 6.07) is 5.10. The van der Waals surface area contributed by atoms with Gasteiger partial charge in [0.25, 0.3) is 11.8 Å². The number of nitrogens with one attached hydrogen (secondary N) is 2. The zero-order chi connectivity index (χ0) is 22.4. The SMILES string of the molecule is CCc1c(C)sc(NC(=S)NC(=O)c2ccc(OCCC(C)C)c(Br)c2)c1C(N)=O. The Labute approximate surface area is 194 Å². The van der Waals surface area contributed by atoms with Gasteiger partial charge in [0.1, 0.15) is 10.8 Å². The summed E-state index contributed by atoms with van der Waals surface area (Å²) < 4.78 is 6.43. The Bertz CT molecular complexity index is 957. The lowest BCUT2D eigenvalue weighted by Gasteiger charge is -2.12. The second-order valence-corrected chi connectivity index (χ2v) is 9.63. The van der Waals surface area contributed by atoms with Crippen LogP contribution in [0.5, 0.6) is 5.75 Å². The van der Waals surface area contributed by atoms with Crippen LogP contribution in [0.25, 0.3) is 0 Å². The van der Waals surface area contributed by atoms with E-state index in [1.54, 1.807) is 18.2 Å². The largest absolute Gasteiger partial charge is 0.492 e. The summed E-state index contributed by atoms with van der Waals surface area (Å²) in [6.45, 7) is 8.76. The summed E-state index contributed by atoms with van der Waals surface area (Å²) in [7, 11) is 0. The van der Waals surface area contributed by atoms with Crippen molar-refractivity contribution in [2.75, 3.05) is 11.9 Å². The van der Waals surface area contributed by atoms with Crippen LogP contribution in [0.3, 0.4) is 0 Å². The molecule has 30 heavy (non-hydrogen) atoms. The molecule has 1 heterocycles. The number of amides is 2. The van der Waals surface area contributed by atoms with E-state index in [4.69, 9.17) is 22.7 Å². The second-order valence-electron chi connectivity index (χ2n) is 7.14. The number of thiocarbonyl (C=S) groups is 1. The zero-order valence-corrected chi connectivity index (χ0v) is 20.6. The Hall–Kier alpha value is -1.97. The molecule has 1 aromatic carbocycles. The molecular weight excluding hydrogens is 486 g/mol. The number of rotatable bonds is 8. The molecule has 2 amide bonds. The van der Waals surface area contributed by atoms with Gasteiger partial charge in [-0.05, 0) is 77.6 Å². The standard InChI is InChI=1S/C21H26BrN3O3S2/c1-5-14-12(4)30-20(17(14)18(23)26)25-21(29)24-19(27)13-6-7-16(15(22)10-13)28-9-8-11(2)3/h6-7,10-11H,5,8-9H2,1-4H3,(H2,23,26)(H2,24,25,27,29). The van der Waals surface area contributed by atoms with Crippen LogP contribution in [-0.4, -0.2) is 23.5 Å². The van der Waals surface area contributed by atoms with E-state index >= 15 is 0 Å². The summed E-state index contributed by atoms with van der Waals surface area (Å²) in [6.07, 6.45) is 1.63. The van der Waals surface area contributed by atoms with Gasteiger partial charge >= 0.3 is 0 Å². The lowest BCUT2D eigenvalue weighted by molar-refractivity contribution is 0.0975. The van der Waals surface area contributed by atoms with E-state index in [0.717, 1.165) is 16.9 Å². The van der Waals surface area contributed by atoms with Crippen LogP contribution >= 0.6 is 39.5 Å². The number of carbonyl (C=O) groups is 2. The smallest absolute Gasteiger partial charge is 0.257 e. The van der Waals surface area contributed by atoms with Gasteiger partial charge in [0.05, 0.1) is 16.6 Å². The van der Waals surface area contributed by atoms with Crippen LogP contribution in [0.1, 0.15) is 58.3 Å². The van der Waals surface area contributed by atoms with Crippen molar-refractivity contribution in [1.29, 1.82) is 0 Å². The number of carbonyl (C=O) groups excluding carboxylic acids is 2. The molecule has 9 heteroatoms. The molecule has 0 aliphatic rings. The summed E-state index contributed by atoms with van der Waals surface area (Å²) in [5.41, 5.74) is 7.27. The second kappa shape index (κ2) is 10.9. The molecule has 0 fully saturated rings. The van der Waals surface area contributed by atoms with E-state index in [1.165, 1.54) is 11.3 Å². The fourth-order valence-corrected chi connectivity index (χ4v) is 4.73. The van der Waals surface area contributed by atoms with Crippen molar-refractivity contribution in [3.05, 3.63) is 44.2 Å². The summed E-state index contributed by atoms with van der Waals surface area (Å²) in [4.78, 5) is 25.4. The molecule has 0 atom stereocenters. The number of thiophene rings is 1. The van der Waals surface area contributed by atoms with Crippen molar-refractivity contribution in [2.24, 2.45) is 11.7 Å². The molecule has 0 aliphatic carbocycles. The third-order valence-corrected chi connectivity index (χ3v) is 6.30. The monoisotopic (exact) mass is 511 g/mol. The number of aryl methyl sites for hydroxylation is 1. The minimum atomic E-state index is -0.523. The van der Waals surface area contributed by atoms with E-state index in [9.17, 15) is 9.59 Å². The molecular formula is C21H26BrN3O3S2. The molecule has 0 unspecified atom stereocenters. The highest BCUT2D eigenvalue weighted by Gasteiger charge is 2.20. The highest BCUT2D eigenvalue weighted by atomic mass is 79.9. The Morgan fingerprint density at radius 2 is 2.03 bits per heavy atom. The molecule has 2 aromatic rings. The van der Waals surface area contributed by atoms with E-state index in [2.05, 4.69) is 40.4 Å². The lowest BCUT2D eigenvalue weighted by Crippen LogP contribution is -2.34. The third kappa shape index (κ3) is 6.26. The van der Waals surface area contributed by atoms with Gasteiger partial charge in [-0.15, -0.1) is 11.3 Å². The molecule has 4 N–H and O–H groups in total. The number of nitrogens with two attached hydrogens (primary N) is 1. The maximum atomic E-state index is 12.6. The predicted octanol–water partition coefficient (Wildman–Crippen LogP) is 5.03. The molecule has 0 saturated heterocycles. The molecule has 162 valence electrons. The summed E-state index contributed by atoms with van der Waals surface area (Å²) >= 11 is 10.1. The number of primary amides is 1. The van der Waals surface area contributed by atoms with Gasteiger partial charge < -0.3 is 15.8 Å². The first kappa shape index (κ1) is 24.3. The van der Waals surface area contributed by atoms with Gasteiger partial charge in [-0.2, -0.15) is 0 Å². The van der Waals surface area contributed by atoms with Crippen molar-refractivity contribution >= 4 is 61.4 Å². The maximum Gasteiger partial charge on any atom is 0.257 e. The predicted molar refractivity (Wildman–Crippen MR) is 130 cm³/mol. The van der Waals surface area contributed by atoms with Crippen LogP contribution in [0.2, 0.25) is 0 Å². The molecule has 2 rings (SSSR count).